The summed E-state index contributed by atoms with van der Waals surface area (Å²) in [6.07, 6.45) is 8.53. The van der Waals surface area contributed by atoms with Crippen LogP contribution in [-0.2, 0) is 39.3 Å². The summed E-state index contributed by atoms with van der Waals surface area (Å²) in [5, 5.41) is 9.98. The van der Waals surface area contributed by atoms with Crippen molar-refractivity contribution in [2.45, 2.75) is 32.1 Å². The van der Waals surface area contributed by atoms with Crippen LogP contribution < -0.4 is 0 Å². The minimum Gasteiger partial charge on any atom is -0.343 e. The molecule has 1 aliphatic heterocycles. The molecule has 2 aromatic carbocycles. The van der Waals surface area contributed by atoms with Gasteiger partial charge >= 0.3 is 21.1 Å². The Morgan fingerprint density at radius 3 is 1.43 bits per heavy atom. The Labute approximate surface area is 248 Å². The van der Waals surface area contributed by atoms with Gasteiger partial charge in [-0.2, -0.15) is 0 Å². The van der Waals surface area contributed by atoms with Crippen LogP contribution in [0, 0.1) is 12.4 Å². The van der Waals surface area contributed by atoms with E-state index >= 15 is 0 Å². The minimum absolute atomic E-state index is 0. The zero-order valence-corrected chi connectivity index (χ0v) is 24.4. The number of hydrogen-bond donors (Lipinski definition) is 0. The summed E-state index contributed by atoms with van der Waals surface area (Å²) in [6.45, 7) is 4.29. The molecular formula is C33H26N6Pt. The second kappa shape index (κ2) is 10.4. The molecule has 0 radical (unpaired) electrons. The molecule has 40 heavy (non-hydrogen) atoms. The monoisotopic (exact) mass is 701 g/mol. The summed E-state index contributed by atoms with van der Waals surface area (Å²) in [7, 11) is 0. The van der Waals surface area contributed by atoms with Gasteiger partial charge in [0.2, 0.25) is 0 Å². The number of aromatic nitrogens is 6. The fourth-order valence-electron chi connectivity index (χ4n) is 5.11. The third kappa shape index (κ3) is 4.63. The van der Waals surface area contributed by atoms with Crippen LogP contribution in [0.4, 0.5) is 0 Å². The maximum absolute atomic E-state index is 5.04. The van der Waals surface area contributed by atoms with E-state index in [1.165, 1.54) is 0 Å². The molecule has 7 heteroatoms. The first-order valence-electron chi connectivity index (χ1n) is 13.2. The molecule has 6 nitrogen and oxygen atoms in total. The van der Waals surface area contributed by atoms with Crippen molar-refractivity contribution in [1.82, 2.24) is 29.5 Å². The summed E-state index contributed by atoms with van der Waals surface area (Å²) in [5.74, 6) is 1.47. The van der Waals surface area contributed by atoms with E-state index in [0.717, 1.165) is 69.5 Å². The molecule has 7 rings (SSSR count). The smallest absolute Gasteiger partial charge is 0.343 e. The molecule has 0 aliphatic carbocycles. The van der Waals surface area contributed by atoms with Crippen molar-refractivity contribution in [3.8, 4) is 34.2 Å². The van der Waals surface area contributed by atoms with Crippen LogP contribution >= 0.6 is 0 Å². The van der Waals surface area contributed by atoms with Gasteiger partial charge in [0.25, 0.3) is 0 Å². The van der Waals surface area contributed by atoms with Crippen LogP contribution in [0.25, 0.3) is 34.2 Å². The second-order valence-electron chi connectivity index (χ2n) is 10.3. The molecule has 6 aromatic rings. The SMILES string of the molecule is CC1(C)c2cccc(n2)-n2[c-]c(c(-c3ccccc3)n2)CCc2[c-]n(nc2-c2ccccc2)-c2cccc1n2.[Pt+2]. The normalized spacial score (nSPS) is 13.6. The molecule has 0 spiro atoms. The predicted molar refractivity (Wildman–Crippen MR) is 151 cm³/mol. The van der Waals surface area contributed by atoms with Gasteiger partial charge in [-0.05, 0) is 50.2 Å². The van der Waals surface area contributed by atoms with Gasteiger partial charge in [0, 0.05) is 16.8 Å². The van der Waals surface area contributed by atoms with Gasteiger partial charge in [0.15, 0.2) is 0 Å². The number of fused-ring (bicyclic) bond motifs is 10. The van der Waals surface area contributed by atoms with Gasteiger partial charge < -0.3 is 9.36 Å². The van der Waals surface area contributed by atoms with Crippen LogP contribution in [0.3, 0.4) is 0 Å². The predicted octanol–water partition coefficient (Wildman–Crippen LogP) is 6.20. The quantitative estimate of drug-likeness (QED) is 0.202. The van der Waals surface area contributed by atoms with Gasteiger partial charge in [0.05, 0.1) is 11.6 Å². The van der Waals surface area contributed by atoms with Crippen molar-refractivity contribution in [1.29, 1.82) is 0 Å². The molecule has 4 aromatic heterocycles. The third-order valence-electron chi connectivity index (χ3n) is 7.36. The average Bonchev–Trinajstić information content (AvgIpc) is 3.62. The zero-order valence-electron chi connectivity index (χ0n) is 22.2. The molecule has 5 heterocycles. The van der Waals surface area contributed by atoms with Gasteiger partial charge in [-0.1, -0.05) is 108 Å². The Hall–Kier alpha value is -4.15. The van der Waals surface area contributed by atoms with Crippen molar-refractivity contribution in [3.05, 3.63) is 132 Å². The number of nitrogens with zero attached hydrogens (tertiary/aromatic N) is 6. The Morgan fingerprint density at radius 1 is 0.575 bits per heavy atom. The molecule has 198 valence electrons. The van der Waals surface area contributed by atoms with Gasteiger partial charge in [-0.25, -0.2) is 0 Å². The van der Waals surface area contributed by atoms with Crippen molar-refractivity contribution >= 4 is 0 Å². The standard InChI is InChI=1S/C33H26N6.Pt/c1-33(2)27-15-9-17-29(34-27)38-21-25(31(36-38)23-11-5-3-6-12-23)19-20-26-22-39(30-18-10-16-28(33)35-30)37-32(26)24-13-7-4-8-14-24;/h3-18H,19-20H2,1-2H3;/q-2;+2. The molecule has 0 N–H and O–H groups in total. The van der Waals surface area contributed by atoms with Crippen LogP contribution in [0.15, 0.2) is 97.1 Å². The topological polar surface area (TPSA) is 61.4 Å². The summed E-state index contributed by atoms with van der Waals surface area (Å²) >= 11 is 0. The molecular weight excluding hydrogens is 675 g/mol. The third-order valence-corrected chi connectivity index (χ3v) is 7.36. The van der Waals surface area contributed by atoms with Crippen molar-refractivity contribution in [2.75, 3.05) is 0 Å². The van der Waals surface area contributed by atoms with E-state index in [9.17, 15) is 0 Å². The molecule has 1 aliphatic rings. The van der Waals surface area contributed by atoms with Crippen molar-refractivity contribution in [2.24, 2.45) is 0 Å². The molecule has 0 atom stereocenters. The Balaban J connectivity index is 0.00000289. The summed E-state index contributed by atoms with van der Waals surface area (Å²) in [6, 6.07) is 32.7. The first-order valence-corrected chi connectivity index (χ1v) is 13.2. The van der Waals surface area contributed by atoms with Crippen LogP contribution in [-0.4, -0.2) is 29.5 Å². The van der Waals surface area contributed by atoms with Gasteiger partial charge in [0.1, 0.15) is 0 Å². The number of aryl methyl sites for hydroxylation is 2. The Bertz CT molecular complexity index is 1660. The minimum atomic E-state index is -0.456. The molecule has 0 amide bonds. The molecule has 0 saturated heterocycles. The molecule has 0 fully saturated rings. The van der Waals surface area contributed by atoms with E-state index in [0.29, 0.717) is 0 Å². The van der Waals surface area contributed by atoms with Crippen LogP contribution in [0.1, 0.15) is 36.4 Å². The van der Waals surface area contributed by atoms with E-state index in [-0.39, 0.29) is 21.1 Å². The summed E-state index contributed by atoms with van der Waals surface area (Å²) in [5.41, 5.74) is 7.35. The van der Waals surface area contributed by atoms with Crippen LogP contribution in [0.2, 0.25) is 0 Å². The maximum atomic E-state index is 5.04. The van der Waals surface area contributed by atoms with E-state index in [4.69, 9.17) is 20.2 Å². The van der Waals surface area contributed by atoms with Gasteiger partial charge in [-0.15, -0.1) is 11.1 Å². The van der Waals surface area contributed by atoms with Gasteiger partial charge in [-0.3, -0.25) is 20.2 Å². The number of rotatable bonds is 2. The van der Waals surface area contributed by atoms with E-state index < -0.39 is 5.41 Å². The van der Waals surface area contributed by atoms with E-state index in [1.807, 2.05) is 72.8 Å². The number of benzene rings is 2. The molecule has 8 bridgehead atoms. The van der Waals surface area contributed by atoms with E-state index in [2.05, 4.69) is 50.5 Å². The zero-order chi connectivity index (χ0) is 26.4. The fourth-order valence-corrected chi connectivity index (χ4v) is 5.11. The average molecular weight is 702 g/mol. The fraction of sp³-hybridized carbons (Fsp3) is 0.152. The van der Waals surface area contributed by atoms with E-state index in [1.54, 1.807) is 9.36 Å². The summed E-state index contributed by atoms with van der Waals surface area (Å²) < 4.78 is 3.57. The number of hydrogen-bond acceptors (Lipinski definition) is 4. The van der Waals surface area contributed by atoms with Crippen molar-refractivity contribution < 1.29 is 21.1 Å². The first-order chi connectivity index (χ1) is 19.1. The molecule has 0 saturated carbocycles. The Morgan fingerprint density at radius 2 is 1.00 bits per heavy atom. The maximum Gasteiger partial charge on any atom is 2.00 e. The molecule has 0 unspecified atom stereocenters. The Kier molecular flexibility index (Phi) is 6.81. The van der Waals surface area contributed by atoms with Crippen LogP contribution in [0.5, 0.6) is 0 Å². The van der Waals surface area contributed by atoms with Crippen molar-refractivity contribution in [3.63, 3.8) is 0 Å². The largest absolute Gasteiger partial charge is 2.00 e. The second-order valence-corrected chi connectivity index (χ2v) is 10.3. The first kappa shape index (κ1) is 26.1. The summed E-state index contributed by atoms with van der Waals surface area (Å²) in [4.78, 5) is 10.1. The number of pyridine rings is 2.